The molecule has 18 heavy (non-hydrogen) atoms. The molecule has 0 saturated carbocycles. The summed E-state index contributed by atoms with van der Waals surface area (Å²) in [5.41, 5.74) is 3.56. The van der Waals surface area contributed by atoms with E-state index in [2.05, 4.69) is 15.0 Å². The van der Waals surface area contributed by atoms with Gasteiger partial charge in [-0.25, -0.2) is 9.97 Å². The highest BCUT2D eigenvalue weighted by Crippen LogP contribution is 2.26. The van der Waals surface area contributed by atoms with Crippen LogP contribution in [0.4, 0.5) is 0 Å². The van der Waals surface area contributed by atoms with E-state index >= 15 is 0 Å². The molecule has 3 nitrogen and oxygen atoms in total. The summed E-state index contributed by atoms with van der Waals surface area (Å²) in [6, 6.07) is 9.83. The molecule has 0 aliphatic rings. The van der Waals surface area contributed by atoms with Crippen LogP contribution in [0.1, 0.15) is 5.56 Å². The zero-order valence-corrected chi connectivity index (χ0v) is 11.0. The molecule has 0 aliphatic carbocycles. The molecular formula is C13H9Cl2N3. The van der Waals surface area contributed by atoms with Crippen LogP contribution in [0.15, 0.2) is 30.3 Å². The lowest BCUT2D eigenvalue weighted by Crippen LogP contribution is -1.80. The Kier molecular flexibility index (Phi) is 2.73. The zero-order valence-electron chi connectivity index (χ0n) is 9.54. The Morgan fingerprint density at radius 2 is 1.78 bits per heavy atom. The minimum atomic E-state index is 0.270. The van der Waals surface area contributed by atoms with Gasteiger partial charge in [0.25, 0.3) is 0 Å². The van der Waals surface area contributed by atoms with Crippen LogP contribution in [-0.4, -0.2) is 15.0 Å². The normalized spacial score (nSPS) is 11.1. The first-order valence-electron chi connectivity index (χ1n) is 5.42. The Bertz CT molecular complexity index is 678. The molecule has 0 amide bonds. The molecule has 0 aliphatic heterocycles. The van der Waals surface area contributed by atoms with Crippen LogP contribution in [0.25, 0.3) is 22.6 Å². The third-order valence-electron chi connectivity index (χ3n) is 2.71. The standard InChI is InChI=1S/C13H9Cl2N3/c1-7-2-4-8(5-3-7)12-16-10-6-9(14)11(15)17-13(10)18-12/h2-6H,1H3,(H,16,17,18). The van der Waals surface area contributed by atoms with Crippen molar-refractivity contribution in [1.29, 1.82) is 0 Å². The number of aromatic amines is 1. The molecule has 0 atom stereocenters. The topological polar surface area (TPSA) is 41.6 Å². The van der Waals surface area contributed by atoms with Crippen molar-refractivity contribution in [3.05, 3.63) is 46.1 Å². The molecule has 0 saturated heterocycles. The highest BCUT2D eigenvalue weighted by Gasteiger charge is 2.09. The molecule has 0 bridgehead atoms. The van der Waals surface area contributed by atoms with Gasteiger partial charge in [-0.2, -0.15) is 0 Å². The summed E-state index contributed by atoms with van der Waals surface area (Å²) < 4.78 is 0. The molecule has 0 fully saturated rings. The summed E-state index contributed by atoms with van der Waals surface area (Å²) in [7, 11) is 0. The summed E-state index contributed by atoms with van der Waals surface area (Å²) in [4.78, 5) is 11.7. The van der Waals surface area contributed by atoms with Crippen molar-refractivity contribution in [1.82, 2.24) is 15.0 Å². The molecule has 90 valence electrons. The van der Waals surface area contributed by atoms with Crippen molar-refractivity contribution in [2.24, 2.45) is 0 Å². The number of H-pyrrole nitrogens is 1. The van der Waals surface area contributed by atoms with Crippen molar-refractivity contribution in [2.45, 2.75) is 6.92 Å². The molecule has 0 spiro atoms. The van der Waals surface area contributed by atoms with Crippen molar-refractivity contribution in [3.63, 3.8) is 0 Å². The van der Waals surface area contributed by atoms with E-state index in [9.17, 15) is 0 Å². The van der Waals surface area contributed by atoms with Gasteiger partial charge in [-0.1, -0.05) is 53.0 Å². The number of imidazole rings is 1. The predicted molar refractivity (Wildman–Crippen MR) is 74.1 cm³/mol. The zero-order chi connectivity index (χ0) is 12.7. The number of hydrogen-bond acceptors (Lipinski definition) is 2. The molecule has 1 N–H and O–H groups in total. The average Bonchev–Trinajstić information content (AvgIpc) is 2.73. The quantitative estimate of drug-likeness (QED) is 0.676. The van der Waals surface area contributed by atoms with E-state index in [1.165, 1.54) is 5.56 Å². The van der Waals surface area contributed by atoms with E-state index in [0.29, 0.717) is 10.7 Å². The molecule has 3 rings (SSSR count). The number of pyridine rings is 1. The van der Waals surface area contributed by atoms with E-state index in [0.717, 1.165) is 16.9 Å². The van der Waals surface area contributed by atoms with E-state index in [4.69, 9.17) is 23.2 Å². The predicted octanol–water partition coefficient (Wildman–Crippen LogP) is 4.24. The van der Waals surface area contributed by atoms with Gasteiger partial charge in [0, 0.05) is 5.56 Å². The van der Waals surface area contributed by atoms with Crippen LogP contribution in [0.3, 0.4) is 0 Å². The lowest BCUT2D eigenvalue weighted by atomic mass is 10.1. The maximum Gasteiger partial charge on any atom is 0.179 e. The number of rotatable bonds is 1. The molecule has 3 aromatic rings. The highest BCUT2D eigenvalue weighted by atomic mass is 35.5. The maximum atomic E-state index is 5.92. The fraction of sp³-hybridized carbons (Fsp3) is 0.0769. The maximum absolute atomic E-state index is 5.92. The smallest absolute Gasteiger partial charge is 0.179 e. The molecular weight excluding hydrogens is 269 g/mol. The second kappa shape index (κ2) is 4.26. The van der Waals surface area contributed by atoms with Crippen LogP contribution >= 0.6 is 23.2 Å². The minimum absolute atomic E-state index is 0.270. The van der Waals surface area contributed by atoms with Crippen LogP contribution < -0.4 is 0 Å². The Hall–Kier alpha value is -1.58. The lowest BCUT2D eigenvalue weighted by molar-refractivity contribution is 1.30. The summed E-state index contributed by atoms with van der Waals surface area (Å²) in [6.07, 6.45) is 0. The Morgan fingerprint density at radius 3 is 2.50 bits per heavy atom. The van der Waals surface area contributed by atoms with E-state index in [-0.39, 0.29) is 5.15 Å². The number of nitrogens with one attached hydrogen (secondary N) is 1. The third-order valence-corrected chi connectivity index (χ3v) is 3.38. The van der Waals surface area contributed by atoms with E-state index in [1.807, 2.05) is 31.2 Å². The van der Waals surface area contributed by atoms with Crippen LogP contribution in [0, 0.1) is 6.92 Å². The van der Waals surface area contributed by atoms with Crippen LogP contribution in [0.5, 0.6) is 0 Å². The molecule has 0 radical (unpaired) electrons. The van der Waals surface area contributed by atoms with Crippen LogP contribution in [0.2, 0.25) is 10.2 Å². The molecule has 2 aromatic heterocycles. The molecule has 5 heteroatoms. The fourth-order valence-corrected chi connectivity index (χ4v) is 2.03. The minimum Gasteiger partial charge on any atom is -0.337 e. The van der Waals surface area contributed by atoms with Gasteiger partial charge < -0.3 is 4.98 Å². The largest absolute Gasteiger partial charge is 0.337 e. The van der Waals surface area contributed by atoms with Gasteiger partial charge in [0.2, 0.25) is 0 Å². The number of hydrogen-bond donors (Lipinski definition) is 1. The van der Waals surface area contributed by atoms with Crippen molar-refractivity contribution >= 4 is 34.4 Å². The Labute approximate surface area is 114 Å². The number of benzene rings is 1. The second-order valence-electron chi connectivity index (χ2n) is 4.08. The van der Waals surface area contributed by atoms with Gasteiger partial charge in [0.15, 0.2) is 5.65 Å². The number of fused-ring (bicyclic) bond motifs is 1. The van der Waals surface area contributed by atoms with Crippen molar-refractivity contribution in [3.8, 4) is 11.4 Å². The number of halogens is 2. The first-order chi connectivity index (χ1) is 8.63. The lowest BCUT2D eigenvalue weighted by Gasteiger charge is -1.96. The molecule has 0 unspecified atom stereocenters. The van der Waals surface area contributed by atoms with Gasteiger partial charge in [0.05, 0.1) is 10.5 Å². The van der Waals surface area contributed by atoms with Gasteiger partial charge >= 0.3 is 0 Å². The fourth-order valence-electron chi connectivity index (χ4n) is 1.74. The second-order valence-corrected chi connectivity index (χ2v) is 4.85. The summed E-state index contributed by atoms with van der Waals surface area (Å²) >= 11 is 11.8. The van der Waals surface area contributed by atoms with Gasteiger partial charge in [-0.3, -0.25) is 0 Å². The van der Waals surface area contributed by atoms with Crippen molar-refractivity contribution in [2.75, 3.05) is 0 Å². The number of aryl methyl sites for hydroxylation is 1. The summed E-state index contributed by atoms with van der Waals surface area (Å²) in [6.45, 7) is 2.05. The number of nitrogens with zero attached hydrogens (tertiary/aromatic N) is 2. The SMILES string of the molecule is Cc1ccc(-c2nc3nc(Cl)c(Cl)cc3[nH]2)cc1. The van der Waals surface area contributed by atoms with Crippen LogP contribution in [-0.2, 0) is 0 Å². The first kappa shape index (κ1) is 11.5. The molecule has 1 aromatic carbocycles. The monoisotopic (exact) mass is 277 g/mol. The van der Waals surface area contributed by atoms with Gasteiger partial charge in [-0.15, -0.1) is 0 Å². The van der Waals surface area contributed by atoms with Gasteiger partial charge in [-0.05, 0) is 13.0 Å². The van der Waals surface area contributed by atoms with E-state index in [1.54, 1.807) is 6.07 Å². The molecule has 2 heterocycles. The highest BCUT2D eigenvalue weighted by molar-refractivity contribution is 6.41. The van der Waals surface area contributed by atoms with E-state index < -0.39 is 0 Å². The van der Waals surface area contributed by atoms with Gasteiger partial charge in [0.1, 0.15) is 11.0 Å². The Balaban J connectivity index is 2.16. The first-order valence-corrected chi connectivity index (χ1v) is 6.18. The van der Waals surface area contributed by atoms with Crippen molar-refractivity contribution < 1.29 is 0 Å². The summed E-state index contributed by atoms with van der Waals surface area (Å²) in [5, 5.41) is 0.689. The third kappa shape index (κ3) is 1.96. The number of aromatic nitrogens is 3. The summed E-state index contributed by atoms with van der Waals surface area (Å²) in [5.74, 6) is 0.760. The Morgan fingerprint density at radius 1 is 1.06 bits per heavy atom. The average molecular weight is 278 g/mol.